The fraction of sp³-hybridized carbons (Fsp3) is 0.588. The summed E-state index contributed by atoms with van der Waals surface area (Å²) in [7, 11) is 0. The number of nitrogens with one attached hydrogen (secondary N) is 2. The average Bonchev–Trinajstić information content (AvgIpc) is 3.28. The molecule has 2 N–H and O–H groups in total. The van der Waals surface area contributed by atoms with Gasteiger partial charge in [0.1, 0.15) is 0 Å². The van der Waals surface area contributed by atoms with Gasteiger partial charge < -0.3 is 10.6 Å². The molecule has 1 aromatic carbocycles. The third-order valence-electron chi connectivity index (χ3n) is 4.88. The van der Waals surface area contributed by atoms with Crippen LogP contribution in [0.4, 0.5) is 0 Å². The molecule has 20 heavy (non-hydrogen) atoms. The van der Waals surface area contributed by atoms with E-state index in [-0.39, 0.29) is 11.8 Å². The molecule has 0 spiro atoms. The third-order valence-corrected chi connectivity index (χ3v) is 4.88. The summed E-state index contributed by atoms with van der Waals surface area (Å²) in [6, 6.07) is 8.25. The molecular weight excluding hydrogens is 248 g/mol. The summed E-state index contributed by atoms with van der Waals surface area (Å²) >= 11 is 0. The SMILES string of the molecule is Cc1ccccc1CNC(=O)[C@@H]1C[C@H]1C1CCNCC1. The zero-order chi connectivity index (χ0) is 13.9. The van der Waals surface area contributed by atoms with E-state index in [0.717, 1.165) is 25.4 Å². The summed E-state index contributed by atoms with van der Waals surface area (Å²) in [4.78, 5) is 12.2. The molecule has 1 saturated heterocycles. The molecule has 0 bridgehead atoms. The van der Waals surface area contributed by atoms with Crippen molar-refractivity contribution >= 4 is 5.91 Å². The molecule has 1 heterocycles. The smallest absolute Gasteiger partial charge is 0.223 e. The fourth-order valence-corrected chi connectivity index (χ4v) is 3.43. The van der Waals surface area contributed by atoms with Crippen molar-refractivity contribution in [1.82, 2.24) is 10.6 Å². The minimum Gasteiger partial charge on any atom is -0.352 e. The lowest BCUT2D eigenvalue weighted by Crippen LogP contribution is -2.31. The summed E-state index contributed by atoms with van der Waals surface area (Å²) in [5.74, 6) is 1.96. The number of carbonyl (C=O) groups is 1. The number of rotatable bonds is 4. The predicted octanol–water partition coefficient (Wildman–Crippen LogP) is 2.25. The van der Waals surface area contributed by atoms with Gasteiger partial charge in [0.15, 0.2) is 0 Å². The monoisotopic (exact) mass is 272 g/mol. The summed E-state index contributed by atoms with van der Waals surface area (Å²) in [6.45, 7) is 5.01. The highest BCUT2D eigenvalue weighted by Gasteiger charge is 2.47. The van der Waals surface area contributed by atoms with Gasteiger partial charge in [-0.25, -0.2) is 0 Å². The maximum Gasteiger partial charge on any atom is 0.223 e. The van der Waals surface area contributed by atoms with Crippen molar-refractivity contribution in [1.29, 1.82) is 0 Å². The van der Waals surface area contributed by atoms with Gasteiger partial charge in [0.2, 0.25) is 5.91 Å². The van der Waals surface area contributed by atoms with Gasteiger partial charge in [-0.05, 0) is 62.2 Å². The van der Waals surface area contributed by atoms with Crippen molar-refractivity contribution in [2.24, 2.45) is 17.8 Å². The molecule has 0 radical (unpaired) electrons. The first-order valence-corrected chi connectivity index (χ1v) is 7.78. The Morgan fingerprint density at radius 3 is 2.80 bits per heavy atom. The number of hydrogen-bond donors (Lipinski definition) is 2. The Hall–Kier alpha value is -1.35. The van der Waals surface area contributed by atoms with Crippen LogP contribution in [-0.4, -0.2) is 19.0 Å². The summed E-state index contributed by atoms with van der Waals surface area (Å²) in [5, 5.41) is 6.51. The molecular formula is C17H24N2O. The Morgan fingerprint density at radius 2 is 2.05 bits per heavy atom. The summed E-state index contributed by atoms with van der Waals surface area (Å²) in [5.41, 5.74) is 2.47. The normalized spacial score (nSPS) is 26.2. The van der Waals surface area contributed by atoms with E-state index in [4.69, 9.17) is 0 Å². The molecule has 0 unspecified atom stereocenters. The van der Waals surface area contributed by atoms with Crippen LogP contribution in [0, 0.1) is 24.7 Å². The maximum absolute atomic E-state index is 12.2. The summed E-state index contributed by atoms with van der Waals surface area (Å²) in [6.07, 6.45) is 3.59. The first-order valence-electron chi connectivity index (χ1n) is 7.78. The lowest BCUT2D eigenvalue weighted by molar-refractivity contribution is -0.123. The Kier molecular flexibility index (Phi) is 4.06. The van der Waals surface area contributed by atoms with Crippen LogP contribution in [0.25, 0.3) is 0 Å². The van der Waals surface area contributed by atoms with E-state index in [0.29, 0.717) is 12.5 Å². The Bertz CT molecular complexity index is 480. The Labute approximate surface area is 121 Å². The lowest BCUT2D eigenvalue weighted by atomic mass is 9.92. The van der Waals surface area contributed by atoms with Gasteiger partial charge in [0.05, 0.1) is 0 Å². The van der Waals surface area contributed by atoms with Gasteiger partial charge >= 0.3 is 0 Å². The molecule has 1 aliphatic carbocycles. The highest BCUT2D eigenvalue weighted by molar-refractivity contribution is 5.81. The van der Waals surface area contributed by atoms with Crippen LogP contribution in [0.5, 0.6) is 0 Å². The number of piperidine rings is 1. The van der Waals surface area contributed by atoms with E-state index in [2.05, 4.69) is 29.7 Å². The first-order chi connectivity index (χ1) is 9.75. The molecule has 1 amide bonds. The Morgan fingerprint density at radius 1 is 1.30 bits per heavy atom. The molecule has 1 aliphatic heterocycles. The molecule has 108 valence electrons. The highest BCUT2D eigenvalue weighted by Crippen LogP contribution is 2.47. The molecule has 3 nitrogen and oxygen atoms in total. The van der Waals surface area contributed by atoms with Crippen molar-refractivity contribution in [3.8, 4) is 0 Å². The minimum atomic E-state index is 0.261. The molecule has 3 heteroatoms. The topological polar surface area (TPSA) is 41.1 Å². The molecule has 2 fully saturated rings. The number of amides is 1. The zero-order valence-electron chi connectivity index (χ0n) is 12.2. The quantitative estimate of drug-likeness (QED) is 0.882. The van der Waals surface area contributed by atoms with Crippen LogP contribution in [0.1, 0.15) is 30.4 Å². The summed E-state index contributed by atoms with van der Waals surface area (Å²) < 4.78 is 0. The van der Waals surface area contributed by atoms with E-state index in [1.807, 2.05) is 12.1 Å². The molecule has 3 rings (SSSR count). The van der Waals surface area contributed by atoms with Crippen molar-refractivity contribution in [2.75, 3.05) is 13.1 Å². The zero-order valence-corrected chi connectivity index (χ0v) is 12.2. The average molecular weight is 272 g/mol. The lowest BCUT2D eigenvalue weighted by Gasteiger charge is -2.22. The van der Waals surface area contributed by atoms with Gasteiger partial charge in [-0.1, -0.05) is 24.3 Å². The van der Waals surface area contributed by atoms with E-state index in [1.54, 1.807) is 0 Å². The van der Waals surface area contributed by atoms with Gasteiger partial charge in [-0.2, -0.15) is 0 Å². The molecule has 2 aliphatic rings. The molecule has 2 atom stereocenters. The number of carbonyl (C=O) groups excluding carboxylic acids is 1. The third kappa shape index (κ3) is 3.04. The molecule has 0 aromatic heterocycles. The van der Waals surface area contributed by atoms with Crippen LogP contribution in [-0.2, 0) is 11.3 Å². The van der Waals surface area contributed by atoms with Gasteiger partial charge in [0.25, 0.3) is 0 Å². The number of benzene rings is 1. The largest absolute Gasteiger partial charge is 0.352 e. The molecule has 1 saturated carbocycles. The second-order valence-corrected chi connectivity index (χ2v) is 6.24. The minimum absolute atomic E-state index is 0.261. The Balaban J connectivity index is 1.48. The van der Waals surface area contributed by atoms with Crippen LogP contribution >= 0.6 is 0 Å². The van der Waals surface area contributed by atoms with Gasteiger partial charge in [-0.3, -0.25) is 4.79 Å². The van der Waals surface area contributed by atoms with Crippen LogP contribution in [0.2, 0.25) is 0 Å². The van der Waals surface area contributed by atoms with E-state index >= 15 is 0 Å². The van der Waals surface area contributed by atoms with Crippen LogP contribution in [0.3, 0.4) is 0 Å². The second-order valence-electron chi connectivity index (χ2n) is 6.24. The van der Waals surface area contributed by atoms with E-state index in [1.165, 1.54) is 24.0 Å². The van der Waals surface area contributed by atoms with Crippen molar-refractivity contribution in [3.63, 3.8) is 0 Å². The van der Waals surface area contributed by atoms with Gasteiger partial charge in [-0.15, -0.1) is 0 Å². The van der Waals surface area contributed by atoms with Crippen LogP contribution < -0.4 is 10.6 Å². The second kappa shape index (κ2) is 5.96. The predicted molar refractivity (Wildman–Crippen MR) is 80.2 cm³/mol. The van der Waals surface area contributed by atoms with Crippen molar-refractivity contribution in [3.05, 3.63) is 35.4 Å². The van der Waals surface area contributed by atoms with Crippen LogP contribution in [0.15, 0.2) is 24.3 Å². The van der Waals surface area contributed by atoms with Crippen molar-refractivity contribution < 1.29 is 4.79 Å². The van der Waals surface area contributed by atoms with Gasteiger partial charge in [0, 0.05) is 12.5 Å². The van der Waals surface area contributed by atoms with E-state index < -0.39 is 0 Å². The number of aryl methyl sites for hydroxylation is 1. The standard InChI is InChI=1S/C17H24N2O/c1-12-4-2-3-5-14(12)11-19-17(20)16-10-15(16)13-6-8-18-9-7-13/h2-5,13,15-16,18H,6-11H2,1H3,(H,19,20)/t15-,16+/m0/s1. The molecule has 1 aromatic rings. The number of hydrogen-bond acceptors (Lipinski definition) is 2. The maximum atomic E-state index is 12.2. The first kappa shape index (κ1) is 13.6. The van der Waals surface area contributed by atoms with Crippen molar-refractivity contribution in [2.45, 2.75) is 32.7 Å². The fourth-order valence-electron chi connectivity index (χ4n) is 3.43. The highest BCUT2D eigenvalue weighted by atomic mass is 16.2. The van der Waals surface area contributed by atoms with E-state index in [9.17, 15) is 4.79 Å².